The summed E-state index contributed by atoms with van der Waals surface area (Å²) in [4.78, 5) is 4.14. The van der Waals surface area contributed by atoms with Crippen molar-refractivity contribution in [1.82, 2.24) is 9.55 Å². The normalized spacial score (nSPS) is 18.0. The highest BCUT2D eigenvalue weighted by Gasteiger charge is 2.28. The van der Waals surface area contributed by atoms with Gasteiger partial charge in [0.05, 0.1) is 5.69 Å². The summed E-state index contributed by atoms with van der Waals surface area (Å²) in [7, 11) is 0. The third-order valence-electron chi connectivity index (χ3n) is 3.27. The van der Waals surface area contributed by atoms with Crippen LogP contribution in [0.15, 0.2) is 6.20 Å². The summed E-state index contributed by atoms with van der Waals surface area (Å²) in [6.45, 7) is 0.772. The average molecular weight is 261 g/mol. The molecule has 1 aliphatic carbocycles. The lowest BCUT2D eigenvalue weighted by Crippen LogP contribution is -2.24. The first-order valence-corrected chi connectivity index (χ1v) is 6.32. The molecule has 0 aromatic carbocycles. The third-order valence-corrected chi connectivity index (χ3v) is 3.27. The van der Waals surface area contributed by atoms with Crippen LogP contribution in [0.3, 0.4) is 0 Å². The smallest absolute Gasteiger partial charge is 0.347 e. The van der Waals surface area contributed by atoms with Gasteiger partial charge in [0, 0.05) is 12.2 Å². The number of rotatable bonds is 3. The van der Waals surface area contributed by atoms with Crippen molar-refractivity contribution in [2.24, 2.45) is 0 Å². The molecule has 0 atom stereocenters. The maximum absolute atomic E-state index is 12.2. The molecule has 18 heavy (non-hydrogen) atoms. The van der Waals surface area contributed by atoms with E-state index >= 15 is 0 Å². The van der Waals surface area contributed by atoms with E-state index in [9.17, 15) is 13.2 Å². The van der Waals surface area contributed by atoms with Gasteiger partial charge in [0.2, 0.25) is 5.95 Å². The summed E-state index contributed by atoms with van der Waals surface area (Å²) in [6.07, 6.45) is 3.18. The lowest BCUT2D eigenvalue weighted by molar-refractivity contribution is -0.115. The molecule has 0 bridgehead atoms. The van der Waals surface area contributed by atoms with Gasteiger partial charge < -0.3 is 9.88 Å². The van der Waals surface area contributed by atoms with Crippen LogP contribution in [0.4, 0.5) is 19.1 Å². The molecule has 0 amide bonds. The molecule has 1 fully saturated rings. The summed E-state index contributed by atoms with van der Waals surface area (Å²) in [5, 5.41) is 2.40. The number of halogens is 3. The van der Waals surface area contributed by atoms with Crippen LogP contribution in [0, 0.1) is 6.92 Å². The van der Waals surface area contributed by atoms with Gasteiger partial charge in [-0.15, -0.1) is 0 Å². The number of hydrogen-bond acceptors (Lipinski definition) is 2. The van der Waals surface area contributed by atoms with Gasteiger partial charge in [-0.25, -0.2) is 4.98 Å². The zero-order chi connectivity index (χ0) is 13.2. The van der Waals surface area contributed by atoms with Gasteiger partial charge in [-0.05, 0) is 19.8 Å². The molecular formula is C12H18F3N3. The summed E-state index contributed by atoms with van der Waals surface area (Å²) in [5.74, 6) is 0.344. The van der Waals surface area contributed by atoms with Crippen LogP contribution in [0.1, 0.15) is 43.8 Å². The molecule has 0 aliphatic heterocycles. The Balaban J connectivity index is 2.09. The zero-order valence-corrected chi connectivity index (χ0v) is 10.4. The second kappa shape index (κ2) is 5.20. The molecule has 6 heteroatoms. The molecule has 1 saturated carbocycles. The van der Waals surface area contributed by atoms with Gasteiger partial charge in [-0.1, -0.05) is 19.3 Å². The Morgan fingerprint density at radius 3 is 2.61 bits per heavy atom. The maximum atomic E-state index is 12.2. The first-order valence-electron chi connectivity index (χ1n) is 6.32. The number of alkyl halides is 3. The second-order valence-electron chi connectivity index (χ2n) is 4.87. The van der Waals surface area contributed by atoms with E-state index in [1.54, 1.807) is 6.92 Å². The molecule has 2 rings (SSSR count). The molecule has 0 spiro atoms. The number of aryl methyl sites for hydroxylation is 1. The van der Waals surface area contributed by atoms with Gasteiger partial charge in [-0.3, -0.25) is 0 Å². The van der Waals surface area contributed by atoms with E-state index in [1.807, 2.05) is 10.8 Å². The highest BCUT2D eigenvalue weighted by molar-refractivity contribution is 5.30. The number of hydrogen-bond donors (Lipinski definition) is 1. The SMILES string of the molecule is Cc1cn(C2CCCCC2)c(NCC(F)(F)F)n1. The van der Waals surface area contributed by atoms with Crippen molar-refractivity contribution in [3.05, 3.63) is 11.9 Å². The van der Waals surface area contributed by atoms with Crippen molar-refractivity contribution in [2.45, 2.75) is 51.2 Å². The van der Waals surface area contributed by atoms with Crippen LogP contribution in [-0.4, -0.2) is 22.3 Å². The lowest BCUT2D eigenvalue weighted by atomic mass is 9.95. The Kier molecular flexibility index (Phi) is 3.82. The number of nitrogens with one attached hydrogen (secondary N) is 1. The molecule has 0 unspecified atom stereocenters. The Morgan fingerprint density at radius 2 is 2.00 bits per heavy atom. The summed E-state index contributed by atoms with van der Waals surface area (Å²) < 4.78 is 38.5. The summed E-state index contributed by atoms with van der Waals surface area (Å²) >= 11 is 0. The van der Waals surface area contributed by atoms with Crippen LogP contribution >= 0.6 is 0 Å². The molecular weight excluding hydrogens is 243 g/mol. The highest BCUT2D eigenvalue weighted by atomic mass is 19.4. The van der Waals surface area contributed by atoms with Crippen molar-refractivity contribution in [2.75, 3.05) is 11.9 Å². The summed E-state index contributed by atoms with van der Waals surface area (Å²) in [5.41, 5.74) is 0.755. The molecule has 1 N–H and O–H groups in total. The quantitative estimate of drug-likeness (QED) is 0.899. The van der Waals surface area contributed by atoms with E-state index in [0.29, 0.717) is 5.95 Å². The fourth-order valence-corrected chi connectivity index (χ4v) is 2.46. The van der Waals surface area contributed by atoms with Crippen molar-refractivity contribution >= 4 is 5.95 Å². The van der Waals surface area contributed by atoms with Crippen LogP contribution in [0.2, 0.25) is 0 Å². The van der Waals surface area contributed by atoms with E-state index in [4.69, 9.17) is 0 Å². The van der Waals surface area contributed by atoms with Crippen LogP contribution < -0.4 is 5.32 Å². The fourth-order valence-electron chi connectivity index (χ4n) is 2.46. The van der Waals surface area contributed by atoms with E-state index in [0.717, 1.165) is 31.4 Å². The lowest BCUT2D eigenvalue weighted by Gasteiger charge is -2.24. The molecule has 1 heterocycles. The predicted octanol–water partition coefficient (Wildman–Crippen LogP) is 3.67. The first kappa shape index (κ1) is 13.2. The largest absolute Gasteiger partial charge is 0.405 e. The average Bonchev–Trinajstić information content (AvgIpc) is 2.68. The van der Waals surface area contributed by atoms with E-state index in [-0.39, 0.29) is 6.04 Å². The highest BCUT2D eigenvalue weighted by Crippen LogP contribution is 2.31. The standard InChI is InChI=1S/C12H18F3N3/c1-9-7-18(10-5-3-2-4-6-10)11(17-9)16-8-12(13,14)15/h7,10H,2-6,8H2,1H3,(H,16,17). The number of aromatic nitrogens is 2. The summed E-state index contributed by atoms with van der Waals surface area (Å²) in [6, 6.07) is 0.288. The van der Waals surface area contributed by atoms with Gasteiger partial charge in [-0.2, -0.15) is 13.2 Å². The fraction of sp³-hybridized carbons (Fsp3) is 0.750. The molecule has 0 saturated heterocycles. The molecule has 1 aromatic rings. The van der Waals surface area contributed by atoms with Crippen molar-refractivity contribution in [1.29, 1.82) is 0 Å². The Morgan fingerprint density at radius 1 is 1.33 bits per heavy atom. The monoisotopic (exact) mass is 261 g/mol. The van der Waals surface area contributed by atoms with Crippen LogP contribution in [-0.2, 0) is 0 Å². The van der Waals surface area contributed by atoms with Gasteiger partial charge >= 0.3 is 6.18 Å². The number of nitrogens with zero attached hydrogens (tertiary/aromatic N) is 2. The van der Waals surface area contributed by atoms with Gasteiger partial charge in [0.1, 0.15) is 6.54 Å². The van der Waals surface area contributed by atoms with E-state index in [2.05, 4.69) is 10.3 Å². The Hall–Kier alpha value is -1.20. The van der Waals surface area contributed by atoms with Crippen molar-refractivity contribution < 1.29 is 13.2 Å². The first-order chi connectivity index (χ1) is 8.46. The maximum Gasteiger partial charge on any atom is 0.405 e. The second-order valence-corrected chi connectivity index (χ2v) is 4.87. The topological polar surface area (TPSA) is 29.9 Å². The van der Waals surface area contributed by atoms with E-state index < -0.39 is 12.7 Å². The molecule has 3 nitrogen and oxygen atoms in total. The zero-order valence-electron chi connectivity index (χ0n) is 10.4. The van der Waals surface area contributed by atoms with E-state index in [1.165, 1.54) is 6.42 Å². The van der Waals surface area contributed by atoms with Crippen LogP contribution in [0.5, 0.6) is 0 Å². The number of imidazole rings is 1. The molecule has 102 valence electrons. The minimum atomic E-state index is -4.21. The van der Waals surface area contributed by atoms with Crippen molar-refractivity contribution in [3.63, 3.8) is 0 Å². The Bertz CT molecular complexity index is 392. The minimum Gasteiger partial charge on any atom is -0.347 e. The molecule has 0 radical (unpaired) electrons. The Labute approximate surface area is 104 Å². The number of anilines is 1. The minimum absolute atomic E-state index is 0.288. The van der Waals surface area contributed by atoms with Crippen LogP contribution in [0.25, 0.3) is 0 Å². The predicted molar refractivity (Wildman–Crippen MR) is 63.6 cm³/mol. The van der Waals surface area contributed by atoms with Crippen molar-refractivity contribution in [3.8, 4) is 0 Å². The van der Waals surface area contributed by atoms with Gasteiger partial charge in [0.25, 0.3) is 0 Å². The molecule has 1 aromatic heterocycles. The van der Waals surface area contributed by atoms with Gasteiger partial charge in [0.15, 0.2) is 0 Å². The molecule has 1 aliphatic rings. The third kappa shape index (κ3) is 3.40.